The number of thiophene rings is 1. The van der Waals surface area contributed by atoms with Crippen LogP contribution in [0.3, 0.4) is 0 Å². The highest BCUT2D eigenvalue weighted by molar-refractivity contribution is 7.12. The highest BCUT2D eigenvalue weighted by Crippen LogP contribution is 2.50. The van der Waals surface area contributed by atoms with Crippen LogP contribution in [0.2, 0.25) is 0 Å². The average Bonchev–Trinajstić information content (AvgIpc) is 3.39. The molecule has 7 heteroatoms. The fraction of sp³-hybridized carbons (Fsp3) is 0.429. The summed E-state index contributed by atoms with van der Waals surface area (Å²) in [6, 6.07) is 12.6. The zero-order chi connectivity index (χ0) is 19.1. The minimum Gasteiger partial charge on any atom is -0.466 e. The van der Waals surface area contributed by atoms with Gasteiger partial charge in [0.15, 0.2) is 0 Å². The Morgan fingerprint density at radius 1 is 1.29 bits per heavy atom. The number of ether oxygens (including phenoxy) is 2. The number of benzene rings is 1. The summed E-state index contributed by atoms with van der Waals surface area (Å²) in [4.78, 5) is 15.1. The molecule has 28 heavy (non-hydrogen) atoms. The van der Waals surface area contributed by atoms with Gasteiger partial charge in [-0.25, -0.2) is 9.80 Å². The standard InChI is InChI=1S/C21H23N3O3S/c1-2-26-20(25)23-11-9-21(10-12-23)24-17(15-6-3-4-7-18(15)27-21)14-16(22-24)19-8-5-13-28-19/h3-8,13,17H,2,9-12,14H2,1H3/t17-/m0/s1. The maximum atomic E-state index is 12.1. The molecular weight excluding hydrogens is 374 g/mol. The molecule has 0 bridgehead atoms. The average molecular weight is 398 g/mol. The van der Waals surface area contributed by atoms with Crippen LogP contribution in [0.5, 0.6) is 5.75 Å². The van der Waals surface area contributed by atoms with Crippen LogP contribution in [0.1, 0.15) is 42.7 Å². The van der Waals surface area contributed by atoms with Crippen molar-refractivity contribution in [1.82, 2.24) is 9.91 Å². The molecule has 146 valence electrons. The Morgan fingerprint density at radius 2 is 2.11 bits per heavy atom. The Balaban J connectivity index is 1.47. The third-order valence-electron chi connectivity index (χ3n) is 5.78. The molecule has 1 saturated heterocycles. The first-order chi connectivity index (χ1) is 13.7. The quantitative estimate of drug-likeness (QED) is 0.761. The van der Waals surface area contributed by atoms with Crippen molar-refractivity contribution in [3.05, 3.63) is 52.2 Å². The van der Waals surface area contributed by atoms with Crippen LogP contribution >= 0.6 is 11.3 Å². The Bertz CT molecular complexity index is 903. The molecule has 1 aromatic heterocycles. The summed E-state index contributed by atoms with van der Waals surface area (Å²) >= 11 is 1.72. The van der Waals surface area contributed by atoms with Gasteiger partial charge >= 0.3 is 6.09 Å². The predicted octanol–water partition coefficient (Wildman–Crippen LogP) is 4.24. The molecule has 3 aliphatic heterocycles. The molecule has 5 rings (SSSR count). The first-order valence-corrected chi connectivity index (χ1v) is 10.7. The first kappa shape index (κ1) is 17.6. The van der Waals surface area contributed by atoms with Gasteiger partial charge in [0.1, 0.15) is 5.75 Å². The number of fused-ring (bicyclic) bond motifs is 4. The lowest BCUT2D eigenvalue weighted by Gasteiger charge is -2.50. The number of para-hydroxylation sites is 1. The van der Waals surface area contributed by atoms with E-state index in [0.29, 0.717) is 32.5 Å². The maximum Gasteiger partial charge on any atom is 0.409 e. The molecule has 1 fully saturated rings. The summed E-state index contributed by atoms with van der Waals surface area (Å²) in [5.74, 6) is 0.941. The summed E-state index contributed by atoms with van der Waals surface area (Å²) < 4.78 is 11.7. The highest BCUT2D eigenvalue weighted by Gasteiger charge is 2.52. The monoisotopic (exact) mass is 397 g/mol. The molecule has 1 atom stereocenters. The van der Waals surface area contributed by atoms with E-state index in [1.165, 1.54) is 10.4 Å². The fourth-order valence-electron chi connectivity index (χ4n) is 4.40. The smallest absolute Gasteiger partial charge is 0.409 e. The number of piperidine rings is 1. The third-order valence-corrected chi connectivity index (χ3v) is 6.70. The second kappa shape index (κ2) is 6.81. The van der Waals surface area contributed by atoms with Gasteiger partial charge in [-0.1, -0.05) is 24.3 Å². The molecule has 2 aromatic rings. The van der Waals surface area contributed by atoms with Gasteiger partial charge in [-0.05, 0) is 24.4 Å². The molecule has 0 saturated carbocycles. The van der Waals surface area contributed by atoms with Gasteiger partial charge in [0.2, 0.25) is 5.72 Å². The number of amides is 1. The number of carbonyl (C=O) groups excluding carboxylic acids is 1. The molecule has 1 spiro atoms. The van der Waals surface area contributed by atoms with Gasteiger partial charge in [0, 0.05) is 37.9 Å². The van der Waals surface area contributed by atoms with Crippen molar-refractivity contribution in [2.75, 3.05) is 19.7 Å². The first-order valence-electron chi connectivity index (χ1n) is 9.80. The van der Waals surface area contributed by atoms with Crippen LogP contribution in [0.25, 0.3) is 0 Å². The maximum absolute atomic E-state index is 12.1. The van der Waals surface area contributed by atoms with Gasteiger partial charge < -0.3 is 14.4 Å². The number of rotatable bonds is 2. The van der Waals surface area contributed by atoms with Crippen molar-refractivity contribution in [2.45, 2.75) is 38.0 Å². The minimum atomic E-state index is -0.513. The number of likely N-dealkylation sites (tertiary alicyclic amines) is 1. The summed E-state index contributed by atoms with van der Waals surface area (Å²) in [5, 5.41) is 9.30. The lowest BCUT2D eigenvalue weighted by molar-refractivity contribution is -0.147. The van der Waals surface area contributed by atoms with Crippen molar-refractivity contribution < 1.29 is 14.3 Å². The molecule has 3 aliphatic rings. The Hall–Kier alpha value is -2.54. The molecular formula is C21H23N3O3S. The van der Waals surface area contributed by atoms with E-state index in [1.54, 1.807) is 16.2 Å². The highest BCUT2D eigenvalue weighted by atomic mass is 32.1. The summed E-state index contributed by atoms with van der Waals surface area (Å²) in [6.07, 6.45) is 2.05. The summed E-state index contributed by atoms with van der Waals surface area (Å²) in [6.45, 7) is 3.44. The Labute approximate surface area is 168 Å². The Kier molecular flexibility index (Phi) is 4.27. The van der Waals surface area contributed by atoms with Crippen LogP contribution < -0.4 is 4.74 Å². The van der Waals surface area contributed by atoms with Gasteiger partial charge in [0.05, 0.1) is 23.2 Å². The van der Waals surface area contributed by atoms with Crippen molar-refractivity contribution in [1.29, 1.82) is 0 Å². The van der Waals surface area contributed by atoms with Crippen molar-refractivity contribution >= 4 is 23.1 Å². The minimum absolute atomic E-state index is 0.177. The van der Waals surface area contributed by atoms with E-state index >= 15 is 0 Å². The molecule has 1 aromatic carbocycles. The largest absolute Gasteiger partial charge is 0.466 e. The Morgan fingerprint density at radius 3 is 2.86 bits per heavy atom. The van der Waals surface area contributed by atoms with Crippen LogP contribution in [-0.4, -0.2) is 47.1 Å². The van der Waals surface area contributed by atoms with Crippen LogP contribution in [0.15, 0.2) is 46.9 Å². The zero-order valence-electron chi connectivity index (χ0n) is 15.8. The molecule has 0 aliphatic carbocycles. The SMILES string of the molecule is CCOC(=O)N1CCC2(CC1)Oc1ccccc1[C@@H]1CC(c3cccs3)=NN12. The normalized spacial score (nSPS) is 22.3. The van der Waals surface area contributed by atoms with Gasteiger partial charge in [-0.3, -0.25) is 0 Å². The van der Waals surface area contributed by atoms with E-state index in [-0.39, 0.29) is 12.1 Å². The van der Waals surface area contributed by atoms with Crippen LogP contribution in [0, 0.1) is 0 Å². The van der Waals surface area contributed by atoms with E-state index in [0.717, 1.165) is 17.9 Å². The van der Waals surface area contributed by atoms with Crippen molar-refractivity contribution in [2.24, 2.45) is 5.10 Å². The number of hydrazone groups is 1. The fourth-order valence-corrected chi connectivity index (χ4v) is 5.13. The molecule has 6 nitrogen and oxygen atoms in total. The van der Waals surface area contributed by atoms with Crippen molar-refractivity contribution in [3.63, 3.8) is 0 Å². The van der Waals surface area contributed by atoms with E-state index in [4.69, 9.17) is 14.6 Å². The molecule has 0 N–H and O–H groups in total. The van der Waals surface area contributed by atoms with Crippen LogP contribution in [0.4, 0.5) is 4.79 Å². The van der Waals surface area contributed by atoms with E-state index in [2.05, 4.69) is 40.7 Å². The number of hydrogen-bond acceptors (Lipinski definition) is 6. The third kappa shape index (κ3) is 2.76. The zero-order valence-corrected chi connectivity index (χ0v) is 16.7. The molecule has 0 unspecified atom stereocenters. The molecule has 1 amide bonds. The topological polar surface area (TPSA) is 54.4 Å². The molecule has 0 radical (unpaired) electrons. The van der Waals surface area contributed by atoms with E-state index < -0.39 is 5.72 Å². The summed E-state index contributed by atoms with van der Waals surface area (Å²) in [7, 11) is 0. The van der Waals surface area contributed by atoms with E-state index in [1.807, 2.05) is 13.0 Å². The summed E-state index contributed by atoms with van der Waals surface area (Å²) in [5.41, 5.74) is 1.80. The molecule has 4 heterocycles. The second-order valence-electron chi connectivity index (χ2n) is 7.36. The van der Waals surface area contributed by atoms with Gasteiger partial charge in [-0.15, -0.1) is 11.3 Å². The number of nitrogens with zero attached hydrogens (tertiary/aromatic N) is 3. The number of carbonyl (C=O) groups is 1. The van der Waals surface area contributed by atoms with E-state index in [9.17, 15) is 4.79 Å². The van der Waals surface area contributed by atoms with Gasteiger partial charge in [0.25, 0.3) is 0 Å². The van der Waals surface area contributed by atoms with Crippen LogP contribution in [-0.2, 0) is 4.74 Å². The predicted molar refractivity (Wildman–Crippen MR) is 108 cm³/mol. The lowest BCUT2D eigenvalue weighted by Crippen LogP contribution is -2.59. The van der Waals surface area contributed by atoms with Gasteiger partial charge in [-0.2, -0.15) is 5.10 Å². The number of hydrogen-bond donors (Lipinski definition) is 0. The second-order valence-corrected chi connectivity index (χ2v) is 8.31. The lowest BCUT2D eigenvalue weighted by atomic mass is 9.91. The van der Waals surface area contributed by atoms with Crippen molar-refractivity contribution in [3.8, 4) is 5.75 Å².